The highest BCUT2D eigenvalue weighted by atomic mass is 19.1. The lowest BCUT2D eigenvalue weighted by molar-refractivity contribution is -0.135. The molecule has 0 saturated carbocycles. The first-order valence-electron chi connectivity index (χ1n) is 6.85. The Bertz CT molecular complexity index is 706. The van der Waals surface area contributed by atoms with Crippen molar-refractivity contribution in [2.75, 3.05) is 0 Å². The van der Waals surface area contributed by atoms with E-state index in [1.807, 2.05) is 0 Å². The normalized spacial score (nSPS) is 21.7. The van der Waals surface area contributed by atoms with Gasteiger partial charge in [0, 0.05) is 17.6 Å². The third-order valence-corrected chi connectivity index (χ3v) is 4.05. The van der Waals surface area contributed by atoms with Gasteiger partial charge >= 0.3 is 0 Å². The molecule has 1 aromatic rings. The second-order valence-corrected chi connectivity index (χ2v) is 5.45. The summed E-state index contributed by atoms with van der Waals surface area (Å²) in [5, 5.41) is 2.25. The quantitative estimate of drug-likeness (QED) is 0.802. The van der Waals surface area contributed by atoms with Crippen molar-refractivity contribution >= 4 is 17.6 Å². The van der Waals surface area contributed by atoms with Crippen molar-refractivity contribution in [1.82, 2.24) is 5.32 Å². The van der Waals surface area contributed by atoms with Crippen LogP contribution in [0.4, 0.5) is 4.39 Å². The molecule has 1 saturated heterocycles. The van der Waals surface area contributed by atoms with Crippen LogP contribution >= 0.6 is 0 Å². The van der Waals surface area contributed by atoms with Crippen LogP contribution in [0.3, 0.4) is 0 Å². The Morgan fingerprint density at radius 1 is 1.24 bits per heavy atom. The van der Waals surface area contributed by atoms with E-state index >= 15 is 0 Å². The standard InChI is InChI=1S/C16H14FNO3/c1-8-6-9-2-3-10(15(20)12(9)7-13(8)17)11-4-5-14(19)18-16(11)21/h3,6-7,11H,2,4-5H2,1H3,(H,18,19,21). The van der Waals surface area contributed by atoms with Gasteiger partial charge in [-0.25, -0.2) is 4.39 Å². The molecule has 0 aromatic heterocycles. The monoisotopic (exact) mass is 287 g/mol. The average Bonchev–Trinajstić information content (AvgIpc) is 2.43. The molecular formula is C16H14FNO3. The van der Waals surface area contributed by atoms with Crippen LogP contribution in [0, 0.1) is 18.7 Å². The second kappa shape index (κ2) is 4.91. The summed E-state index contributed by atoms with van der Waals surface area (Å²) < 4.78 is 13.7. The lowest BCUT2D eigenvalue weighted by Crippen LogP contribution is -2.42. The van der Waals surface area contributed by atoms with Gasteiger partial charge in [0.1, 0.15) is 5.82 Å². The number of amides is 2. The summed E-state index contributed by atoms with van der Waals surface area (Å²) in [6.45, 7) is 1.65. The summed E-state index contributed by atoms with van der Waals surface area (Å²) >= 11 is 0. The first-order chi connectivity index (χ1) is 9.97. The molecule has 0 spiro atoms. The number of piperidine rings is 1. The van der Waals surface area contributed by atoms with Gasteiger partial charge in [0.2, 0.25) is 11.8 Å². The minimum Gasteiger partial charge on any atom is -0.296 e. The van der Waals surface area contributed by atoms with Gasteiger partial charge in [0.05, 0.1) is 5.92 Å². The molecule has 1 aliphatic carbocycles. The predicted molar refractivity (Wildman–Crippen MR) is 73.1 cm³/mol. The van der Waals surface area contributed by atoms with Gasteiger partial charge in [-0.15, -0.1) is 0 Å². The Labute approximate surface area is 121 Å². The van der Waals surface area contributed by atoms with Crippen LogP contribution in [0.25, 0.3) is 0 Å². The van der Waals surface area contributed by atoms with E-state index in [2.05, 4.69) is 5.32 Å². The van der Waals surface area contributed by atoms with E-state index in [0.717, 1.165) is 5.56 Å². The number of aryl methyl sites for hydroxylation is 1. The summed E-state index contributed by atoms with van der Waals surface area (Å²) in [4.78, 5) is 35.6. The van der Waals surface area contributed by atoms with E-state index in [-0.39, 0.29) is 18.1 Å². The van der Waals surface area contributed by atoms with Crippen molar-refractivity contribution in [3.63, 3.8) is 0 Å². The van der Waals surface area contributed by atoms with E-state index in [0.29, 0.717) is 29.5 Å². The maximum atomic E-state index is 13.7. The lowest BCUT2D eigenvalue weighted by atomic mass is 9.80. The minimum atomic E-state index is -0.618. The van der Waals surface area contributed by atoms with Gasteiger partial charge in [0.15, 0.2) is 5.78 Å². The zero-order valence-corrected chi connectivity index (χ0v) is 11.5. The number of carbonyl (C=O) groups is 3. The molecule has 1 aromatic carbocycles. The van der Waals surface area contributed by atoms with Gasteiger partial charge in [-0.3, -0.25) is 19.7 Å². The Morgan fingerprint density at radius 3 is 2.71 bits per heavy atom. The molecule has 108 valence electrons. The number of nitrogens with one attached hydrogen (secondary N) is 1. The maximum Gasteiger partial charge on any atom is 0.234 e. The molecule has 1 atom stereocenters. The zero-order valence-electron chi connectivity index (χ0n) is 11.5. The van der Waals surface area contributed by atoms with Crippen LogP contribution in [0.15, 0.2) is 23.8 Å². The van der Waals surface area contributed by atoms with Crippen LogP contribution < -0.4 is 5.32 Å². The molecule has 1 unspecified atom stereocenters. The Balaban J connectivity index is 1.95. The van der Waals surface area contributed by atoms with E-state index in [9.17, 15) is 18.8 Å². The van der Waals surface area contributed by atoms with Crippen molar-refractivity contribution in [2.24, 2.45) is 5.92 Å². The third kappa shape index (κ3) is 2.28. The topological polar surface area (TPSA) is 63.2 Å². The van der Waals surface area contributed by atoms with E-state index in [1.165, 1.54) is 6.07 Å². The Kier molecular flexibility index (Phi) is 3.20. The van der Waals surface area contributed by atoms with Crippen molar-refractivity contribution in [3.05, 3.63) is 46.3 Å². The van der Waals surface area contributed by atoms with Crippen molar-refractivity contribution < 1.29 is 18.8 Å². The number of allylic oxidation sites excluding steroid dienone is 1. The molecule has 1 fully saturated rings. The van der Waals surface area contributed by atoms with Crippen LogP contribution in [-0.4, -0.2) is 17.6 Å². The van der Waals surface area contributed by atoms with Crippen LogP contribution in [0.1, 0.15) is 34.3 Å². The van der Waals surface area contributed by atoms with Gasteiger partial charge in [0.25, 0.3) is 0 Å². The highest BCUT2D eigenvalue weighted by molar-refractivity contribution is 6.15. The summed E-state index contributed by atoms with van der Waals surface area (Å²) in [6.07, 6.45) is 2.76. The highest BCUT2D eigenvalue weighted by Gasteiger charge is 2.35. The number of hydrogen-bond acceptors (Lipinski definition) is 3. The molecule has 2 aliphatic rings. The molecule has 4 nitrogen and oxygen atoms in total. The predicted octanol–water partition coefficient (Wildman–Crippen LogP) is 1.85. The fourth-order valence-corrected chi connectivity index (χ4v) is 2.88. The Hall–Kier alpha value is -2.30. The summed E-state index contributed by atoms with van der Waals surface area (Å²) in [6, 6.07) is 2.91. The van der Waals surface area contributed by atoms with Crippen LogP contribution in [0.2, 0.25) is 0 Å². The smallest absolute Gasteiger partial charge is 0.234 e. The van der Waals surface area contributed by atoms with Crippen molar-refractivity contribution in [1.29, 1.82) is 0 Å². The first-order valence-corrected chi connectivity index (χ1v) is 6.85. The molecule has 21 heavy (non-hydrogen) atoms. The highest BCUT2D eigenvalue weighted by Crippen LogP contribution is 2.31. The number of imide groups is 1. The van der Waals surface area contributed by atoms with Gasteiger partial charge < -0.3 is 0 Å². The van der Waals surface area contributed by atoms with Gasteiger partial charge in [-0.2, -0.15) is 0 Å². The van der Waals surface area contributed by atoms with Gasteiger partial charge in [-0.1, -0.05) is 12.1 Å². The zero-order chi connectivity index (χ0) is 15.1. The number of carbonyl (C=O) groups excluding carboxylic acids is 3. The van der Waals surface area contributed by atoms with Crippen molar-refractivity contribution in [3.8, 4) is 0 Å². The number of Topliss-reactive ketones (excluding diaryl/α,β-unsaturated/α-hetero) is 1. The maximum absolute atomic E-state index is 13.7. The fraction of sp³-hybridized carbons (Fsp3) is 0.312. The summed E-state index contributed by atoms with van der Waals surface area (Å²) in [7, 11) is 0. The van der Waals surface area contributed by atoms with Crippen molar-refractivity contribution in [2.45, 2.75) is 26.2 Å². The molecular weight excluding hydrogens is 273 g/mol. The molecule has 1 heterocycles. The first kappa shape index (κ1) is 13.7. The molecule has 0 bridgehead atoms. The van der Waals surface area contributed by atoms with Gasteiger partial charge in [-0.05, 0) is 37.0 Å². The number of fused-ring (bicyclic) bond motifs is 1. The molecule has 2 amide bonds. The second-order valence-electron chi connectivity index (χ2n) is 5.45. The lowest BCUT2D eigenvalue weighted by Gasteiger charge is -2.25. The third-order valence-electron chi connectivity index (χ3n) is 4.05. The van der Waals surface area contributed by atoms with E-state index in [4.69, 9.17) is 0 Å². The summed E-state index contributed by atoms with van der Waals surface area (Å²) in [5.74, 6) is -2.12. The SMILES string of the molecule is Cc1cc2c(cc1F)C(=O)C(C1CCC(=O)NC1=O)=CC2. The minimum absolute atomic E-state index is 0.218. The number of hydrogen-bond donors (Lipinski definition) is 1. The Morgan fingerprint density at radius 2 is 2.00 bits per heavy atom. The van der Waals surface area contributed by atoms with E-state index < -0.39 is 17.6 Å². The largest absolute Gasteiger partial charge is 0.296 e. The molecule has 1 aliphatic heterocycles. The van der Waals surface area contributed by atoms with Crippen LogP contribution in [-0.2, 0) is 16.0 Å². The molecule has 3 rings (SSSR count). The number of benzene rings is 1. The summed E-state index contributed by atoms with van der Waals surface area (Å²) in [5.41, 5.74) is 1.96. The fourth-order valence-electron chi connectivity index (χ4n) is 2.88. The molecule has 1 N–H and O–H groups in total. The average molecular weight is 287 g/mol. The van der Waals surface area contributed by atoms with E-state index in [1.54, 1.807) is 19.1 Å². The number of halogens is 1. The number of ketones is 1. The number of rotatable bonds is 1. The molecule has 5 heteroatoms. The molecule has 0 radical (unpaired) electrons. The van der Waals surface area contributed by atoms with Crippen LogP contribution in [0.5, 0.6) is 0 Å².